The number of ether oxygens (including phenoxy) is 2. The second kappa shape index (κ2) is 10.4. The van der Waals surface area contributed by atoms with Crippen LogP contribution in [0.2, 0.25) is 0 Å². The van der Waals surface area contributed by atoms with E-state index in [-0.39, 0.29) is 25.2 Å². The zero-order valence-electron chi connectivity index (χ0n) is 17.9. The Kier molecular flexibility index (Phi) is 7.60. The van der Waals surface area contributed by atoms with Crippen LogP contribution < -0.4 is 16.6 Å². The maximum Gasteiger partial charge on any atom is 0.330 e. The number of carbonyl (C=O) groups excluding carboxylic acids is 2. The molecular formula is C22H27N3O7. The van der Waals surface area contributed by atoms with Gasteiger partial charge in [-0.25, -0.2) is 9.59 Å². The number of nitrogens with one attached hydrogen (secondary N) is 2. The molecule has 3 rings (SSSR count). The summed E-state index contributed by atoms with van der Waals surface area (Å²) in [5, 5.41) is 13.0. The third-order valence-corrected chi connectivity index (χ3v) is 5.42. The molecule has 0 saturated carbocycles. The maximum absolute atomic E-state index is 12.5. The Balaban J connectivity index is 1.57. The summed E-state index contributed by atoms with van der Waals surface area (Å²) in [4.78, 5) is 50.4. The van der Waals surface area contributed by atoms with Crippen LogP contribution in [0.3, 0.4) is 0 Å². The quantitative estimate of drug-likeness (QED) is 0.492. The van der Waals surface area contributed by atoms with Crippen LogP contribution in [0.15, 0.2) is 46.1 Å². The topological polar surface area (TPSA) is 140 Å². The van der Waals surface area contributed by atoms with Gasteiger partial charge in [0.1, 0.15) is 12.3 Å². The van der Waals surface area contributed by atoms with Crippen LogP contribution in [0.25, 0.3) is 0 Å². The number of benzene rings is 1. The van der Waals surface area contributed by atoms with Crippen LogP contribution in [0.1, 0.15) is 36.6 Å². The number of hydrogen-bond donors (Lipinski definition) is 3. The summed E-state index contributed by atoms with van der Waals surface area (Å²) in [5.74, 6) is -0.931. The molecule has 0 aliphatic carbocycles. The fourth-order valence-electron chi connectivity index (χ4n) is 3.67. The molecule has 4 atom stereocenters. The zero-order chi connectivity index (χ0) is 23.3. The van der Waals surface area contributed by atoms with Gasteiger partial charge in [-0.1, -0.05) is 30.3 Å². The number of nitrogens with zero attached hydrogens (tertiary/aromatic N) is 1. The normalized spacial score (nSPS) is 21.2. The van der Waals surface area contributed by atoms with Crippen molar-refractivity contribution in [1.82, 2.24) is 14.9 Å². The Morgan fingerprint density at radius 3 is 2.72 bits per heavy atom. The van der Waals surface area contributed by atoms with Crippen LogP contribution in [0, 0.1) is 6.92 Å². The largest absolute Gasteiger partial charge is 0.467 e. The number of aliphatic hydroxyl groups excluding tert-OH is 1. The first-order valence-electron chi connectivity index (χ1n) is 10.3. The van der Waals surface area contributed by atoms with Gasteiger partial charge in [0.25, 0.3) is 5.56 Å². The first-order chi connectivity index (χ1) is 15.3. The summed E-state index contributed by atoms with van der Waals surface area (Å²) in [7, 11) is 1.26. The van der Waals surface area contributed by atoms with E-state index in [9.17, 15) is 24.3 Å². The Bertz CT molecular complexity index is 1060. The van der Waals surface area contributed by atoms with Gasteiger partial charge in [-0.2, -0.15) is 0 Å². The number of rotatable bonds is 8. The fraction of sp³-hybridized carbons (Fsp3) is 0.455. The van der Waals surface area contributed by atoms with E-state index in [1.807, 2.05) is 30.3 Å². The molecule has 0 bridgehead atoms. The van der Waals surface area contributed by atoms with Crippen molar-refractivity contribution < 1.29 is 24.2 Å². The minimum absolute atomic E-state index is 0.0102. The molecule has 2 aromatic rings. The molecule has 32 heavy (non-hydrogen) atoms. The van der Waals surface area contributed by atoms with Crippen LogP contribution in [-0.4, -0.2) is 51.9 Å². The second-order valence-corrected chi connectivity index (χ2v) is 7.78. The first kappa shape index (κ1) is 23.4. The molecule has 0 spiro atoms. The average Bonchev–Trinajstić information content (AvgIpc) is 3.14. The highest BCUT2D eigenvalue weighted by Gasteiger charge is 2.36. The van der Waals surface area contributed by atoms with E-state index in [0.29, 0.717) is 12.0 Å². The highest BCUT2D eigenvalue weighted by atomic mass is 16.5. The Labute approximate surface area is 184 Å². The van der Waals surface area contributed by atoms with Crippen molar-refractivity contribution in [2.24, 2.45) is 0 Å². The lowest BCUT2D eigenvalue weighted by Crippen LogP contribution is -2.43. The van der Waals surface area contributed by atoms with E-state index in [1.165, 1.54) is 17.9 Å². The van der Waals surface area contributed by atoms with Crippen molar-refractivity contribution in [2.45, 2.75) is 57.1 Å². The number of carbonyl (C=O) groups is 2. The number of aromatic amines is 1. The van der Waals surface area contributed by atoms with Gasteiger partial charge in [0.2, 0.25) is 5.91 Å². The van der Waals surface area contributed by atoms with E-state index in [1.54, 1.807) is 6.92 Å². The molecule has 1 aliphatic rings. The molecule has 10 heteroatoms. The lowest BCUT2D eigenvalue weighted by molar-refractivity contribution is -0.145. The predicted octanol–water partition coefficient (Wildman–Crippen LogP) is 0.174. The summed E-state index contributed by atoms with van der Waals surface area (Å²) in [6.07, 6.45) is -0.270. The van der Waals surface area contributed by atoms with Gasteiger partial charge < -0.3 is 19.9 Å². The number of amides is 1. The number of aliphatic hydroxyl groups is 1. The van der Waals surface area contributed by atoms with Crippen LogP contribution in [-0.2, 0) is 25.5 Å². The van der Waals surface area contributed by atoms with Crippen molar-refractivity contribution in [3.63, 3.8) is 0 Å². The molecule has 1 saturated heterocycles. The fourth-order valence-corrected chi connectivity index (χ4v) is 3.67. The van der Waals surface area contributed by atoms with Gasteiger partial charge in [0, 0.05) is 31.0 Å². The average molecular weight is 445 g/mol. The highest BCUT2D eigenvalue weighted by Crippen LogP contribution is 2.30. The molecule has 172 valence electrons. The third kappa shape index (κ3) is 5.71. The SMILES string of the molecule is COC(=O)[C@@H](Cc1ccccc1)NC(=O)CC[C@H]1O[C@@H](n2cc(C)c(=O)[nH]c2=O)C[C@@H]1O. The van der Waals surface area contributed by atoms with E-state index in [2.05, 4.69) is 10.3 Å². The van der Waals surface area contributed by atoms with E-state index in [0.717, 1.165) is 5.56 Å². The number of aromatic nitrogens is 2. The maximum atomic E-state index is 12.5. The molecule has 1 fully saturated rings. The molecule has 0 radical (unpaired) electrons. The Morgan fingerprint density at radius 1 is 1.31 bits per heavy atom. The van der Waals surface area contributed by atoms with Crippen LogP contribution in [0.4, 0.5) is 0 Å². The molecule has 1 aliphatic heterocycles. The van der Waals surface area contributed by atoms with Crippen molar-refractivity contribution >= 4 is 11.9 Å². The summed E-state index contributed by atoms with van der Waals surface area (Å²) in [6.45, 7) is 1.56. The van der Waals surface area contributed by atoms with Gasteiger partial charge in [0.15, 0.2) is 0 Å². The van der Waals surface area contributed by atoms with Crippen molar-refractivity contribution in [2.75, 3.05) is 7.11 Å². The molecule has 1 amide bonds. The molecule has 0 unspecified atom stereocenters. The molecule has 10 nitrogen and oxygen atoms in total. The zero-order valence-corrected chi connectivity index (χ0v) is 17.9. The minimum atomic E-state index is -0.882. The standard InChI is InChI=1S/C22H27N3O7/c1-13-12-25(22(30)24-20(13)28)19-11-16(26)17(32-19)8-9-18(27)23-15(21(29)31-2)10-14-6-4-3-5-7-14/h3-7,12,15-17,19,26H,8-11H2,1-2H3,(H,23,27)(H,24,28,30)/t15-,16+,17-,19-/m1/s1. The molecule has 2 heterocycles. The van der Waals surface area contributed by atoms with Gasteiger partial charge in [-0.05, 0) is 18.9 Å². The molecule has 1 aromatic carbocycles. The smallest absolute Gasteiger partial charge is 0.330 e. The summed E-state index contributed by atoms with van der Waals surface area (Å²) in [5.41, 5.74) is 0.117. The van der Waals surface area contributed by atoms with E-state index < -0.39 is 41.7 Å². The van der Waals surface area contributed by atoms with Gasteiger partial charge in [-0.3, -0.25) is 19.1 Å². The summed E-state index contributed by atoms with van der Waals surface area (Å²) in [6, 6.07) is 8.42. The molecule has 1 aromatic heterocycles. The summed E-state index contributed by atoms with van der Waals surface area (Å²) < 4.78 is 11.8. The monoisotopic (exact) mass is 445 g/mol. The number of hydrogen-bond acceptors (Lipinski definition) is 7. The number of aryl methyl sites for hydroxylation is 1. The van der Waals surface area contributed by atoms with Gasteiger partial charge in [0.05, 0.1) is 19.3 Å². The summed E-state index contributed by atoms with van der Waals surface area (Å²) >= 11 is 0. The molecule has 3 N–H and O–H groups in total. The second-order valence-electron chi connectivity index (χ2n) is 7.78. The predicted molar refractivity (Wildman–Crippen MR) is 114 cm³/mol. The van der Waals surface area contributed by atoms with Crippen molar-refractivity contribution in [3.05, 3.63) is 68.5 Å². The van der Waals surface area contributed by atoms with Crippen molar-refractivity contribution in [3.8, 4) is 0 Å². The first-order valence-corrected chi connectivity index (χ1v) is 10.3. The third-order valence-electron chi connectivity index (χ3n) is 5.42. The van der Waals surface area contributed by atoms with Gasteiger partial charge in [-0.15, -0.1) is 0 Å². The minimum Gasteiger partial charge on any atom is -0.467 e. The van der Waals surface area contributed by atoms with Crippen LogP contribution >= 0.6 is 0 Å². The van der Waals surface area contributed by atoms with Crippen LogP contribution in [0.5, 0.6) is 0 Å². The number of H-pyrrole nitrogens is 1. The van der Waals surface area contributed by atoms with Gasteiger partial charge >= 0.3 is 11.7 Å². The number of esters is 1. The van der Waals surface area contributed by atoms with E-state index in [4.69, 9.17) is 9.47 Å². The number of methoxy groups -OCH3 is 1. The van der Waals surface area contributed by atoms with E-state index >= 15 is 0 Å². The highest BCUT2D eigenvalue weighted by molar-refractivity contribution is 5.84. The lowest BCUT2D eigenvalue weighted by atomic mass is 10.0. The molecular weight excluding hydrogens is 418 g/mol. The lowest BCUT2D eigenvalue weighted by Gasteiger charge is -2.18. The Hall–Kier alpha value is -3.24. The van der Waals surface area contributed by atoms with Crippen molar-refractivity contribution in [1.29, 1.82) is 0 Å². The Morgan fingerprint density at radius 2 is 2.03 bits per heavy atom.